The summed E-state index contributed by atoms with van der Waals surface area (Å²) >= 11 is 0. The maximum Gasteiger partial charge on any atom is 0.307 e. The van der Waals surface area contributed by atoms with Gasteiger partial charge >= 0.3 is 5.69 Å². The van der Waals surface area contributed by atoms with Crippen LogP contribution in [-0.4, -0.2) is 36.9 Å². The Morgan fingerprint density at radius 2 is 2.09 bits per heavy atom. The van der Waals surface area contributed by atoms with Crippen LogP contribution in [0.15, 0.2) is 24.8 Å². The second-order valence-electron chi connectivity index (χ2n) is 5.85. The number of carbonyl (C=O) groups excluding carboxylic acids is 1. The summed E-state index contributed by atoms with van der Waals surface area (Å²) in [5.41, 5.74) is -0.0494. The second kappa shape index (κ2) is 6.59. The lowest BCUT2D eigenvalue weighted by Gasteiger charge is -2.23. The largest absolute Gasteiger partial charge is 0.354 e. The van der Waals surface area contributed by atoms with Crippen molar-refractivity contribution in [3.05, 3.63) is 40.5 Å². The van der Waals surface area contributed by atoms with E-state index in [1.165, 1.54) is 10.9 Å². The summed E-state index contributed by atoms with van der Waals surface area (Å²) in [7, 11) is 0. The minimum Gasteiger partial charge on any atom is -0.354 e. The van der Waals surface area contributed by atoms with Crippen LogP contribution in [0.5, 0.6) is 0 Å². The van der Waals surface area contributed by atoms with Crippen molar-refractivity contribution in [1.29, 1.82) is 0 Å². The van der Waals surface area contributed by atoms with Gasteiger partial charge in [-0.15, -0.1) is 0 Å². The van der Waals surface area contributed by atoms with E-state index in [1.54, 1.807) is 20.0 Å². The molecule has 0 unspecified atom stereocenters. The van der Waals surface area contributed by atoms with Crippen molar-refractivity contribution < 1.29 is 9.72 Å². The number of nitrogens with one attached hydrogen (secondary N) is 1. The predicted molar refractivity (Wildman–Crippen MR) is 82.8 cm³/mol. The zero-order chi connectivity index (χ0) is 17.0. The number of nitrogens with zero attached hydrogens (tertiary/aromatic N) is 5. The first-order valence-corrected chi connectivity index (χ1v) is 7.27. The van der Waals surface area contributed by atoms with Crippen LogP contribution in [0.4, 0.5) is 5.69 Å². The molecule has 9 nitrogen and oxygen atoms in total. The molecule has 2 aromatic heterocycles. The first-order valence-electron chi connectivity index (χ1n) is 7.27. The molecule has 2 aromatic rings. The Bertz CT molecular complexity index is 703. The van der Waals surface area contributed by atoms with E-state index in [2.05, 4.69) is 15.5 Å². The van der Waals surface area contributed by atoms with Gasteiger partial charge in [0.25, 0.3) is 0 Å². The third-order valence-corrected chi connectivity index (χ3v) is 3.52. The molecule has 0 aliphatic rings. The Labute approximate surface area is 133 Å². The van der Waals surface area contributed by atoms with Crippen molar-refractivity contribution in [2.45, 2.75) is 39.3 Å². The Kier molecular flexibility index (Phi) is 4.77. The summed E-state index contributed by atoms with van der Waals surface area (Å²) < 4.78 is 3.13. The van der Waals surface area contributed by atoms with Crippen LogP contribution in [0, 0.1) is 17.0 Å². The number of aryl methyl sites for hydroxylation is 2. The average molecular weight is 320 g/mol. The number of nitro groups is 1. The van der Waals surface area contributed by atoms with Crippen molar-refractivity contribution in [2.24, 2.45) is 0 Å². The highest BCUT2D eigenvalue weighted by Crippen LogP contribution is 2.18. The third kappa shape index (κ3) is 3.93. The lowest BCUT2D eigenvalue weighted by Crippen LogP contribution is -2.45. The van der Waals surface area contributed by atoms with Crippen LogP contribution in [0.1, 0.15) is 25.8 Å². The molecule has 0 spiro atoms. The predicted octanol–water partition coefficient (Wildman–Crippen LogP) is 1.24. The normalized spacial score (nSPS) is 11.4. The zero-order valence-electron chi connectivity index (χ0n) is 13.4. The number of hydrogen-bond acceptors (Lipinski definition) is 5. The highest BCUT2D eigenvalue weighted by molar-refractivity contribution is 5.83. The van der Waals surface area contributed by atoms with Gasteiger partial charge in [-0.05, 0) is 32.8 Å². The van der Waals surface area contributed by atoms with Gasteiger partial charge in [0.05, 0.1) is 11.1 Å². The standard InChI is InChI=1S/C14H20N6O3/c1-11-7-16-18(9-11)6-4-5-15-13(21)14(2,3)19-10-12(8-17-19)20(22)23/h7-10H,4-6H2,1-3H3,(H,15,21). The monoisotopic (exact) mass is 320 g/mol. The van der Waals surface area contributed by atoms with Crippen LogP contribution in [0.2, 0.25) is 0 Å². The Balaban J connectivity index is 1.86. The second-order valence-corrected chi connectivity index (χ2v) is 5.85. The maximum absolute atomic E-state index is 12.3. The van der Waals surface area contributed by atoms with Gasteiger partial charge < -0.3 is 5.32 Å². The van der Waals surface area contributed by atoms with Crippen molar-refractivity contribution in [2.75, 3.05) is 6.54 Å². The molecule has 0 aliphatic heterocycles. The van der Waals surface area contributed by atoms with Gasteiger partial charge in [0.15, 0.2) is 0 Å². The molecule has 1 N–H and O–H groups in total. The summed E-state index contributed by atoms with van der Waals surface area (Å²) in [5.74, 6) is -0.243. The molecular formula is C14H20N6O3. The average Bonchev–Trinajstić information content (AvgIpc) is 3.12. The highest BCUT2D eigenvalue weighted by atomic mass is 16.6. The van der Waals surface area contributed by atoms with Crippen molar-refractivity contribution >= 4 is 11.6 Å². The van der Waals surface area contributed by atoms with E-state index in [4.69, 9.17) is 0 Å². The first-order chi connectivity index (χ1) is 10.8. The lowest BCUT2D eigenvalue weighted by molar-refractivity contribution is -0.385. The summed E-state index contributed by atoms with van der Waals surface area (Å²) in [4.78, 5) is 22.5. The van der Waals surface area contributed by atoms with Crippen LogP contribution in [0.25, 0.3) is 0 Å². The van der Waals surface area contributed by atoms with Crippen LogP contribution >= 0.6 is 0 Å². The van der Waals surface area contributed by atoms with Gasteiger partial charge in [-0.3, -0.25) is 24.3 Å². The Morgan fingerprint density at radius 1 is 1.35 bits per heavy atom. The SMILES string of the molecule is Cc1cnn(CCCNC(=O)C(C)(C)n2cc([N+](=O)[O-])cn2)c1. The Morgan fingerprint density at radius 3 is 2.65 bits per heavy atom. The van der Waals surface area contributed by atoms with E-state index in [0.29, 0.717) is 13.1 Å². The van der Waals surface area contributed by atoms with Gasteiger partial charge in [0.2, 0.25) is 5.91 Å². The van der Waals surface area contributed by atoms with Crippen molar-refractivity contribution in [1.82, 2.24) is 24.9 Å². The summed E-state index contributed by atoms with van der Waals surface area (Å²) in [5, 5.41) is 21.6. The molecule has 0 saturated carbocycles. The van der Waals surface area contributed by atoms with Gasteiger partial charge in [-0.1, -0.05) is 0 Å². The number of carbonyl (C=O) groups is 1. The van der Waals surface area contributed by atoms with E-state index in [1.807, 2.05) is 17.8 Å². The molecule has 0 aliphatic carbocycles. The van der Waals surface area contributed by atoms with E-state index in [0.717, 1.165) is 18.2 Å². The minimum absolute atomic E-state index is 0.139. The fourth-order valence-corrected chi connectivity index (χ4v) is 2.07. The Hall–Kier alpha value is -2.71. The van der Waals surface area contributed by atoms with Gasteiger partial charge in [0.1, 0.15) is 17.9 Å². The maximum atomic E-state index is 12.3. The van der Waals surface area contributed by atoms with Crippen LogP contribution in [0.3, 0.4) is 0 Å². The molecule has 2 heterocycles. The molecule has 1 amide bonds. The molecule has 124 valence electrons. The molecule has 0 atom stereocenters. The van der Waals surface area contributed by atoms with Gasteiger partial charge in [-0.2, -0.15) is 10.2 Å². The van der Waals surface area contributed by atoms with E-state index >= 15 is 0 Å². The van der Waals surface area contributed by atoms with E-state index < -0.39 is 10.5 Å². The molecule has 23 heavy (non-hydrogen) atoms. The highest BCUT2D eigenvalue weighted by Gasteiger charge is 2.31. The fraction of sp³-hybridized carbons (Fsp3) is 0.500. The number of rotatable bonds is 7. The minimum atomic E-state index is -1.00. The third-order valence-electron chi connectivity index (χ3n) is 3.52. The summed E-state index contributed by atoms with van der Waals surface area (Å²) in [6, 6.07) is 0. The zero-order valence-corrected chi connectivity index (χ0v) is 13.4. The number of hydrogen-bond donors (Lipinski definition) is 1. The van der Waals surface area contributed by atoms with E-state index in [-0.39, 0.29) is 11.6 Å². The van der Waals surface area contributed by atoms with Gasteiger partial charge in [0, 0.05) is 19.3 Å². The molecule has 0 radical (unpaired) electrons. The van der Waals surface area contributed by atoms with Crippen LogP contribution in [-0.2, 0) is 16.9 Å². The van der Waals surface area contributed by atoms with E-state index in [9.17, 15) is 14.9 Å². The summed E-state index contributed by atoms with van der Waals surface area (Å²) in [6.45, 7) is 6.50. The van der Waals surface area contributed by atoms with Gasteiger partial charge in [-0.25, -0.2) is 0 Å². The molecule has 0 saturated heterocycles. The number of amides is 1. The number of aromatic nitrogens is 4. The quantitative estimate of drug-likeness (QED) is 0.469. The smallest absolute Gasteiger partial charge is 0.307 e. The van der Waals surface area contributed by atoms with Crippen molar-refractivity contribution in [3.63, 3.8) is 0 Å². The molecule has 2 rings (SSSR count). The molecule has 9 heteroatoms. The topological polar surface area (TPSA) is 108 Å². The molecular weight excluding hydrogens is 300 g/mol. The molecule has 0 fully saturated rings. The lowest BCUT2D eigenvalue weighted by atomic mass is 10.1. The fourth-order valence-electron chi connectivity index (χ4n) is 2.07. The van der Waals surface area contributed by atoms with Crippen molar-refractivity contribution in [3.8, 4) is 0 Å². The molecule has 0 bridgehead atoms. The molecule has 0 aromatic carbocycles. The summed E-state index contributed by atoms with van der Waals surface area (Å²) in [6.07, 6.45) is 6.85. The first kappa shape index (κ1) is 16.7. The van der Waals surface area contributed by atoms with Crippen LogP contribution < -0.4 is 5.32 Å².